The number of ether oxygens (including phenoxy) is 1. The van der Waals surface area contributed by atoms with Crippen molar-refractivity contribution in [2.45, 2.75) is 12.5 Å². The first-order chi connectivity index (χ1) is 13.6. The molecule has 4 aromatic rings. The van der Waals surface area contributed by atoms with Crippen molar-refractivity contribution < 1.29 is 9.53 Å². The van der Waals surface area contributed by atoms with E-state index in [0.717, 1.165) is 17.3 Å². The van der Waals surface area contributed by atoms with Crippen molar-refractivity contribution in [3.63, 3.8) is 0 Å². The Kier molecular flexibility index (Phi) is 4.03. The van der Waals surface area contributed by atoms with Gasteiger partial charge in [0.15, 0.2) is 5.65 Å². The number of benzene rings is 1. The minimum absolute atomic E-state index is 0.0260. The molecule has 0 aliphatic carbocycles. The average Bonchev–Trinajstić information content (AvgIpc) is 3.40. The third-order valence-electron chi connectivity index (χ3n) is 4.95. The number of H-pyrrole nitrogens is 1. The summed E-state index contributed by atoms with van der Waals surface area (Å²) in [6.45, 7) is 1.20. The SMILES string of the molecule is Cn1nc(-c2cnc3[nH]cc(C(=O)NC4CCOC4)c3n2)c2ccc(Cl)cc21. The molecule has 1 atom stereocenters. The Hall–Kier alpha value is -2.97. The lowest BCUT2D eigenvalue weighted by molar-refractivity contribution is 0.0931. The Morgan fingerprint density at radius 1 is 1.43 bits per heavy atom. The van der Waals surface area contributed by atoms with E-state index in [0.29, 0.717) is 46.4 Å². The summed E-state index contributed by atoms with van der Waals surface area (Å²) in [4.78, 5) is 24.8. The van der Waals surface area contributed by atoms with Gasteiger partial charge in [-0.25, -0.2) is 9.97 Å². The molecular weight excluding hydrogens is 380 g/mol. The summed E-state index contributed by atoms with van der Waals surface area (Å²) < 4.78 is 7.08. The third-order valence-corrected chi connectivity index (χ3v) is 5.18. The molecule has 2 N–H and O–H groups in total. The smallest absolute Gasteiger partial charge is 0.255 e. The number of fused-ring (bicyclic) bond motifs is 2. The number of nitrogens with zero attached hydrogens (tertiary/aromatic N) is 4. The van der Waals surface area contributed by atoms with E-state index in [-0.39, 0.29) is 11.9 Å². The zero-order valence-electron chi connectivity index (χ0n) is 15.1. The van der Waals surface area contributed by atoms with Crippen molar-refractivity contribution in [3.8, 4) is 11.4 Å². The molecule has 142 valence electrons. The van der Waals surface area contributed by atoms with Crippen LogP contribution < -0.4 is 5.32 Å². The molecule has 0 saturated carbocycles. The van der Waals surface area contributed by atoms with Crippen LogP contribution in [0.4, 0.5) is 0 Å². The normalized spacial score (nSPS) is 16.9. The highest BCUT2D eigenvalue weighted by molar-refractivity contribution is 6.31. The molecule has 1 amide bonds. The number of nitrogens with one attached hydrogen (secondary N) is 2. The number of hydrogen-bond donors (Lipinski definition) is 2. The molecule has 28 heavy (non-hydrogen) atoms. The van der Waals surface area contributed by atoms with Crippen LogP contribution in [0.15, 0.2) is 30.6 Å². The Labute approximate surface area is 164 Å². The van der Waals surface area contributed by atoms with Crippen molar-refractivity contribution >= 4 is 39.6 Å². The molecule has 1 fully saturated rings. The molecule has 0 radical (unpaired) electrons. The third kappa shape index (κ3) is 2.81. The summed E-state index contributed by atoms with van der Waals surface area (Å²) in [6.07, 6.45) is 4.10. The van der Waals surface area contributed by atoms with Gasteiger partial charge >= 0.3 is 0 Å². The van der Waals surface area contributed by atoms with Crippen molar-refractivity contribution in [1.29, 1.82) is 0 Å². The maximum Gasteiger partial charge on any atom is 0.255 e. The van der Waals surface area contributed by atoms with Gasteiger partial charge in [-0.1, -0.05) is 11.6 Å². The van der Waals surface area contributed by atoms with E-state index in [1.165, 1.54) is 0 Å². The first-order valence-corrected chi connectivity index (χ1v) is 9.33. The molecule has 1 saturated heterocycles. The molecule has 5 rings (SSSR count). The maximum absolute atomic E-state index is 12.7. The fourth-order valence-corrected chi connectivity index (χ4v) is 3.68. The van der Waals surface area contributed by atoms with Gasteiger partial charge in [-0.2, -0.15) is 5.10 Å². The monoisotopic (exact) mass is 396 g/mol. The van der Waals surface area contributed by atoms with Gasteiger partial charge in [-0.15, -0.1) is 0 Å². The van der Waals surface area contributed by atoms with Crippen LogP contribution in [-0.2, 0) is 11.8 Å². The Bertz CT molecular complexity index is 1210. The predicted molar refractivity (Wildman–Crippen MR) is 105 cm³/mol. The van der Waals surface area contributed by atoms with E-state index in [9.17, 15) is 4.79 Å². The topological polar surface area (TPSA) is 97.7 Å². The molecule has 1 unspecified atom stereocenters. The van der Waals surface area contributed by atoms with Gasteiger partial charge in [0.2, 0.25) is 0 Å². The number of hydrogen-bond acceptors (Lipinski definition) is 5. The molecule has 3 aromatic heterocycles. The van der Waals surface area contributed by atoms with E-state index >= 15 is 0 Å². The quantitative estimate of drug-likeness (QED) is 0.554. The summed E-state index contributed by atoms with van der Waals surface area (Å²) in [5.74, 6) is -0.189. The molecule has 1 aliphatic heterocycles. The lowest BCUT2D eigenvalue weighted by Gasteiger charge is -2.09. The van der Waals surface area contributed by atoms with Gasteiger partial charge < -0.3 is 15.0 Å². The first-order valence-electron chi connectivity index (χ1n) is 8.95. The van der Waals surface area contributed by atoms with E-state index < -0.39 is 0 Å². The summed E-state index contributed by atoms with van der Waals surface area (Å²) in [5.41, 5.74) is 3.72. The number of aryl methyl sites for hydroxylation is 1. The lowest BCUT2D eigenvalue weighted by Crippen LogP contribution is -2.34. The zero-order chi connectivity index (χ0) is 19.3. The van der Waals surface area contributed by atoms with Crippen molar-refractivity contribution in [1.82, 2.24) is 30.0 Å². The molecular formula is C19H17ClN6O2. The van der Waals surface area contributed by atoms with Crippen molar-refractivity contribution in [2.75, 3.05) is 13.2 Å². The van der Waals surface area contributed by atoms with Crippen LogP contribution in [0.2, 0.25) is 5.02 Å². The second kappa shape index (κ2) is 6.57. The first kappa shape index (κ1) is 17.2. The molecule has 0 spiro atoms. The van der Waals surface area contributed by atoms with Gasteiger partial charge in [-0.3, -0.25) is 9.48 Å². The van der Waals surface area contributed by atoms with Crippen LogP contribution in [0.3, 0.4) is 0 Å². The van der Waals surface area contributed by atoms with Crippen molar-refractivity contribution in [2.24, 2.45) is 7.05 Å². The van der Waals surface area contributed by atoms with Gasteiger partial charge in [0.1, 0.15) is 16.9 Å². The Balaban J connectivity index is 1.57. The summed E-state index contributed by atoms with van der Waals surface area (Å²) >= 11 is 6.11. The van der Waals surface area contributed by atoms with E-state index in [1.807, 2.05) is 25.2 Å². The van der Waals surface area contributed by atoms with Crippen LogP contribution in [-0.4, -0.2) is 49.9 Å². The van der Waals surface area contributed by atoms with Crippen molar-refractivity contribution in [3.05, 3.63) is 41.2 Å². The molecule has 1 aliphatic rings. The number of aromatic nitrogens is 5. The number of halogens is 1. The van der Waals surface area contributed by atoms with Gasteiger partial charge in [0.25, 0.3) is 5.91 Å². The second-order valence-electron chi connectivity index (χ2n) is 6.82. The van der Waals surface area contributed by atoms with Crippen LogP contribution in [0.5, 0.6) is 0 Å². The maximum atomic E-state index is 12.7. The number of carbonyl (C=O) groups is 1. The standard InChI is InChI=1S/C19H17ClN6O2/c1-26-15-6-10(20)2-3-12(15)16(25-26)14-8-22-18-17(24-14)13(7-21-18)19(27)23-11-4-5-28-9-11/h2-3,6-8,11H,4-5,9H2,1H3,(H,21,22)(H,23,27). The van der Waals surface area contributed by atoms with Gasteiger partial charge in [0.05, 0.1) is 29.9 Å². The molecule has 0 bridgehead atoms. The molecule has 9 heteroatoms. The molecule has 1 aromatic carbocycles. The van der Waals surface area contributed by atoms with Crippen LogP contribution >= 0.6 is 11.6 Å². The lowest BCUT2D eigenvalue weighted by atomic mass is 10.1. The van der Waals surface area contributed by atoms with Crippen LogP contribution in [0, 0.1) is 0 Å². The molecule has 4 heterocycles. The highest BCUT2D eigenvalue weighted by Gasteiger charge is 2.22. The number of carbonyl (C=O) groups excluding carboxylic acids is 1. The van der Waals surface area contributed by atoms with Gasteiger partial charge in [0, 0.05) is 30.3 Å². The Morgan fingerprint density at radius 3 is 3.14 bits per heavy atom. The largest absolute Gasteiger partial charge is 0.379 e. The minimum Gasteiger partial charge on any atom is -0.379 e. The zero-order valence-corrected chi connectivity index (χ0v) is 15.8. The summed E-state index contributed by atoms with van der Waals surface area (Å²) in [6, 6.07) is 5.62. The minimum atomic E-state index is -0.189. The van der Waals surface area contributed by atoms with E-state index in [1.54, 1.807) is 17.1 Å². The number of amides is 1. The predicted octanol–water partition coefficient (Wildman–Crippen LogP) is 2.68. The second-order valence-corrected chi connectivity index (χ2v) is 7.26. The molecule has 8 nitrogen and oxygen atoms in total. The van der Waals surface area contributed by atoms with Crippen LogP contribution in [0.1, 0.15) is 16.8 Å². The fraction of sp³-hybridized carbons (Fsp3) is 0.263. The van der Waals surface area contributed by atoms with E-state index in [2.05, 4.69) is 20.4 Å². The van der Waals surface area contributed by atoms with E-state index in [4.69, 9.17) is 21.3 Å². The van der Waals surface area contributed by atoms with Crippen LogP contribution in [0.25, 0.3) is 33.5 Å². The number of rotatable bonds is 3. The Morgan fingerprint density at radius 2 is 2.32 bits per heavy atom. The highest BCUT2D eigenvalue weighted by atomic mass is 35.5. The average molecular weight is 397 g/mol. The highest BCUT2D eigenvalue weighted by Crippen LogP contribution is 2.29. The summed E-state index contributed by atoms with van der Waals surface area (Å²) in [7, 11) is 1.85. The van der Waals surface area contributed by atoms with Gasteiger partial charge in [-0.05, 0) is 24.6 Å². The fourth-order valence-electron chi connectivity index (χ4n) is 3.51. The number of aromatic amines is 1. The summed E-state index contributed by atoms with van der Waals surface area (Å²) in [5, 5.41) is 9.13.